The van der Waals surface area contributed by atoms with E-state index in [0.29, 0.717) is 10.7 Å². The summed E-state index contributed by atoms with van der Waals surface area (Å²) in [5.74, 6) is -0.885. The maximum absolute atomic E-state index is 12.2. The molecule has 0 aliphatic rings. The van der Waals surface area contributed by atoms with Crippen LogP contribution in [0.25, 0.3) is 0 Å². The topological polar surface area (TPSA) is 84.2 Å². The summed E-state index contributed by atoms with van der Waals surface area (Å²) in [4.78, 5) is 24.3. The zero-order valence-corrected chi connectivity index (χ0v) is 14.8. The minimum Gasteiger partial charge on any atom is -0.396 e. The lowest BCUT2D eigenvalue weighted by molar-refractivity contribution is -0.117. The van der Waals surface area contributed by atoms with Gasteiger partial charge in [0.15, 0.2) is 0 Å². The number of halogens is 3. The van der Waals surface area contributed by atoms with E-state index in [4.69, 9.17) is 40.5 Å². The van der Waals surface area contributed by atoms with Crippen LogP contribution in [0.2, 0.25) is 15.1 Å². The minimum absolute atomic E-state index is 0.227. The highest BCUT2D eigenvalue weighted by molar-refractivity contribution is 6.39. The normalized spacial score (nSPS) is 11.7. The van der Waals surface area contributed by atoms with Crippen molar-refractivity contribution < 1.29 is 9.59 Å². The van der Waals surface area contributed by atoms with Crippen LogP contribution in [0.1, 0.15) is 17.3 Å². The van der Waals surface area contributed by atoms with E-state index in [0.717, 1.165) is 0 Å². The van der Waals surface area contributed by atoms with Gasteiger partial charge < -0.3 is 16.4 Å². The van der Waals surface area contributed by atoms with Gasteiger partial charge in [-0.2, -0.15) is 0 Å². The van der Waals surface area contributed by atoms with Crippen LogP contribution in [0, 0.1) is 0 Å². The van der Waals surface area contributed by atoms with Crippen molar-refractivity contribution in [1.29, 1.82) is 0 Å². The molecule has 2 aromatic carbocycles. The number of carbonyl (C=O) groups is 2. The SMILES string of the molecule is C[C@H](NC(=O)c1ccccc1Cl)C(=O)Nc1cc(Cl)c(N)c(Cl)c1. The second kappa shape index (κ2) is 7.75. The van der Waals surface area contributed by atoms with Gasteiger partial charge in [-0.05, 0) is 31.2 Å². The Morgan fingerprint density at radius 2 is 1.62 bits per heavy atom. The molecule has 0 aromatic heterocycles. The van der Waals surface area contributed by atoms with E-state index in [1.165, 1.54) is 12.1 Å². The van der Waals surface area contributed by atoms with Crippen molar-refractivity contribution >= 4 is 58.0 Å². The van der Waals surface area contributed by atoms with Gasteiger partial charge in [-0.15, -0.1) is 0 Å². The lowest BCUT2D eigenvalue weighted by atomic mass is 10.2. The van der Waals surface area contributed by atoms with Gasteiger partial charge >= 0.3 is 0 Å². The first-order chi connectivity index (χ1) is 11.3. The van der Waals surface area contributed by atoms with Crippen LogP contribution in [-0.2, 0) is 4.79 Å². The van der Waals surface area contributed by atoms with Crippen molar-refractivity contribution in [1.82, 2.24) is 5.32 Å². The first kappa shape index (κ1) is 18.4. The molecule has 2 rings (SSSR count). The number of carbonyl (C=O) groups excluding carboxylic acids is 2. The maximum Gasteiger partial charge on any atom is 0.253 e. The molecule has 0 saturated carbocycles. The third-order valence-electron chi connectivity index (χ3n) is 3.21. The van der Waals surface area contributed by atoms with E-state index in [9.17, 15) is 9.59 Å². The standard InChI is InChI=1S/C16H14Cl3N3O2/c1-8(21-16(24)10-4-2-3-5-11(10)17)15(23)22-9-6-12(18)14(20)13(19)7-9/h2-8H,20H2,1H3,(H,21,24)(H,22,23)/t8-/m0/s1. The minimum atomic E-state index is -0.802. The smallest absolute Gasteiger partial charge is 0.253 e. The molecule has 0 bridgehead atoms. The number of rotatable bonds is 4. The molecule has 0 saturated heterocycles. The molecule has 1 atom stereocenters. The highest BCUT2D eigenvalue weighted by atomic mass is 35.5. The lowest BCUT2D eigenvalue weighted by Crippen LogP contribution is -2.41. The number of hydrogen-bond donors (Lipinski definition) is 3. The summed E-state index contributed by atoms with van der Waals surface area (Å²) in [5.41, 5.74) is 6.54. The van der Waals surface area contributed by atoms with Gasteiger partial charge in [0.25, 0.3) is 5.91 Å². The summed E-state index contributed by atoms with van der Waals surface area (Å²) >= 11 is 17.8. The molecule has 0 heterocycles. The van der Waals surface area contributed by atoms with Gasteiger partial charge in [0.05, 0.1) is 26.3 Å². The molecule has 0 radical (unpaired) electrons. The predicted molar refractivity (Wildman–Crippen MR) is 97.9 cm³/mol. The first-order valence-electron chi connectivity index (χ1n) is 6.90. The summed E-state index contributed by atoms with van der Waals surface area (Å²) < 4.78 is 0. The van der Waals surface area contributed by atoms with E-state index in [-0.39, 0.29) is 21.3 Å². The van der Waals surface area contributed by atoms with Crippen LogP contribution in [0.3, 0.4) is 0 Å². The van der Waals surface area contributed by atoms with Crippen LogP contribution in [-0.4, -0.2) is 17.9 Å². The van der Waals surface area contributed by atoms with Crippen LogP contribution in [0.4, 0.5) is 11.4 Å². The van der Waals surface area contributed by atoms with E-state index < -0.39 is 17.9 Å². The Kier molecular flexibility index (Phi) is 5.94. The average molecular weight is 387 g/mol. The number of nitrogens with one attached hydrogen (secondary N) is 2. The van der Waals surface area contributed by atoms with Crippen molar-refractivity contribution in [2.75, 3.05) is 11.1 Å². The Bertz CT molecular complexity index is 773. The first-order valence-corrected chi connectivity index (χ1v) is 8.03. The Hall–Kier alpha value is -1.95. The number of anilines is 2. The second-order valence-corrected chi connectivity index (χ2v) is 6.24. The van der Waals surface area contributed by atoms with Gasteiger partial charge in [0.2, 0.25) is 5.91 Å². The Morgan fingerprint density at radius 3 is 2.21 bits per heavy atom. The summed E-state index contributed by atoms with van der Waals surface area (Å²) in [6.45, 7) is 1.55. The van der Waals surface area contributed by atoms with Crippen LogP contribution >= 0.6 is 34.8 Å². The Labute approximate surface area is 154 Å². The van der Waals surface area contributed by atoms with E-state index in [2.05, 4.69) is 10.6 Å². The molecule has 0 spiro atoms. The molecule has 0 fully saturated rings. The summed E-state index contributed by atoms with van der Waals surface area (Å²) in [5, 5.41) is 5.94. The monoisotopic (exact) mass is 385 g/mol. The fraction of sp³-hybridized carbons (Fsp3) is 0.125. The maximum atomic E-state index is 12.2. The quantitative estimate of drug-likeness (QED) is 0.695. The van der Waals surface area contributed by atoms with Gasteiger partial charge in [-0.3, -0.25) is 9.59 Å². The largest absolute Gasteiger partial charge is 0.396 e. The highest BCUT2D eigenvalue weighted by Gasteiger charge is 2.18. The summed E-state index contributed by atoms with van der Waals surface area (Å²) in [6, 6.07) is 8.71. The zero-order chi connectivity index (χ0) is 17.9. The van der Waals surface area contributed by atoms with Gasteiger partial charge in [0, 0.05) is 5.69 Å². The molecule has 24 heavy (non-hydrogen) atoms. The van der Waals surface area contributed by atoms with E-state index >= 15 is 0 Å². The average Bonchev–Trinajstić information content (AvgIpc) is 2.52. The number of benzene rings is 2. The molecule has 5 nitrogen and oxygen atoms in total. The third kappa shape index (κ3) is 4.32. The van der Waals surface area contributed by atoms with Crippen molar-refractivity contribution in [2.24, 2.45) is 0 Å². The molecule has 4 N–H and O–H groups in total. The Morgan fingerprint density at radius 1 is 1.04 bits per heavy atom. The zero-order valence-electron chi connectivity index (χ0n) is 12.6. The number of amides is 2. The number of nitrogen functional groups attached to an aromatic ring is 1. The third-order valence-corrected chi connectivity index (χ3v) is 4.16. The van der Waals surface area contributed by atoms with E-state index in [1.807, 2.05) is 0 Å². The van der Waals surface area contributed by atoms with E-state index in [1.54, 1.807) is 31.2 Å². The fourth-order valence-corrected chi connectivity index (χ4v) is 2.60. The highest BCUT2D eigenvalue weighted by Crippen LogP contribution is 2.31. The van der Waals surface area contributed by atoms with Gasteiger partial charge in [0.1, 0.15) is 6.04 Å². The van der Waals surface area contributed by atoms with Crippen LogP contribution < -0.4 is 16.4 Å². The Balaban J connectivity index is 2.05. The number of nitrogens with two attached hydrogens (primary N) is 1. The summed E-state index contributed by atoms with van der Waals surface area (Å²) in [7, 11) is 0. The molecular formula is C16H14Cl3N3O2. The molecule has 0 aliphatic carbocycles. The molecular weight excluding hydrogens is 373 g/mol. The van der Waals surface area contributed by atoms with Crippen molar-refractivity contribution in [3.8, 4) is 0 Å². The summed E-state index contributed by atoms with van der Waals surface area (Å²) in [6.07, 6.45) is 0. The molecule has 2 aromatic rings. The lowest BCUT2D eigenvalue weighted by Gasteiger charge is -2.15. The number of hydrogen-bond acceptors (Lipinski definition) is 3. The fourth-order valence-electron chi connectivity index (χ4n) is 1.89. The predicted octanol–water partition coefficient (Wildman–Crippen LogP) is 3.99. The van der Waals surface area contributed by atoms with Gasteiger partial charge in [-0.25, -0.2) is 0 Å². The van der Waals surface area contributed by atoms with Crippen molar-refractivity contribution in [2.45, 2.75) is 13.0 Å². The molecule has 0 unspecified atom stereocenters. The van der Waals surface area contributed by atoms with Crippen molar-refractivity contribution in [3.63, 3.8) is 0 Å². The second-order valence-electron chi connectivity index (χ2n) is 5.02. The molecule has 0 aliphatic heterocycles. The van der Waals surface area contributed by atoms with Crippen LogP contribution in [0.5, 0.6) is 0 Å². The van der Waals surface area contributed by atoms with Gasteiger partial charge in [-0.1, -0.05) is 46.9 Å². The molecule has 2 amide bonds. The molecule has 8 heteroatoms. The van der Waals surface area contributed by atoms with Crippen molar-refractivity contribution in [3.05, 3.63) is 57.0 Å². The molecule has 126 valence electrons. The van der Waals surface area contributed by atoms with Crippen LogP contribution in [0.15, 0.2) is 36.4 Å².